The molecular weight excluding hydrogens is 672 g/mol. The number of anilines is 3. The number of hydrogen-bond acceptors (Lipinski definition) is 8. The Balaban J connectivity index is 1.01. The van der Waals surface area contributed by atoms with Gasteiger partial charge >= 0.3 is 0 Å². The van der Waals surface area contributed by atoms with Crippen LogP contribution in [0.25, 0.3) is 22.3 Å². The van der Waals surface area contributed by atoms with E-state index in [0.29, 0.717) is 56.7 Å². The van der Waals surface area contributed by atoms with Crippen molar-refractivity contribution in [3.63, 3.8) is 0 Å². The van der Waals surface area contributed by atoms with Crippen LogP contribution in [0, 0.1) is 23.1 Å². The van der Waals surface area contributed by atoms with Gasteiger partial charge in [0.25, 0.3) is 0 Å². The average molecular weight is 719 g/mol. The topological polar surface area (TPSA) is 109 Å². The lowest BCUT2D eigenvalue weighted by Gasteiger charge is -2.54. The molecular formula is C41H47FN8O3. The molecule has 6 fully saturated rings. The molecule has 0 atom stereocenters. The first-order valence-electron chi connectivity index (χ1n) is 19.4. The van der Waals surface area contributed by atoms with E-state index in [0.717, 1.165) is 52.5 Å². The lowest BCUT2D eigenvalue weighted by molar-refractivity contribution is -0.170. The molecule has 2 bridgehead atoms. The summed E-state index contributed by atoms with van der Waals surface area (Å²) in [5, 5.41) is 3.24. The zero-order valence-corrected chi connectivity index (χ0v) is 30.7. The van der Waals surface area contributed by atoms with Gasteiger partial charge in [-0.3, -0.25) is 19.5 Å². The summed E-state index contributed by atoms with van der Waals surface area (Å²) in [6.07, 6.45) is 10.5. The van der Waals surface area contributed by atoms with Crippen LogP contribution in [-0.2, 0) is 19.7 Å². The van der Waals surface area contributed by atoms with Crippen molar-refractivity contribution in [2.75, 3.05) is 49.6 Å². The molecule has 12 heteroatoms. The Morgan fingerprint density at radius 2 is 1.77 bits per heavy atom. The quantitative estimate of drug-likeness (QED) is 0.245. The molecule has 11 nitrogen and oxygen atoms in total. The number of benzene rings is 1. The van der Waals surface area contributed by atoms with Gasteiger partial charge in [0.15, 0.2) is 11.6 Å². The molecule has 1 aromatic carbocycles. The molecule has 276 valence electrons. The molecule has 5 aliphatic heterocycles. The number of nitrogens with one attached hydrogen (secondary N) is 1. The molecule has 4 aromatic rings. The maximum atomic E-state index is 14.9. The van der Waals surface area contributed by atoms with Gasteiger partial charge in [-0.15, -0.1) is 0 Å². The monoisotopic (exact) mass is 718 g/mol. The van der Waals surface area contributed by atoms with E-state index in [9.17, 15) is 14.0 Å². The maximum Gasteiger partial charge on any atom is 0.238 e. The molecule has 11 rings (SSSR count). The standard InChI is InChI=1S/C41H47FN8O3/c1-24(2)49-23-44-34-17-33(46-37(36(34)49)45-32-6-9-43-18-31(32)42)27-4-5-30-35(14-27)50(29-15-28(16-29)48-19-25-12-26(13-25)20-48)39(52)41(30)7-10-47(11-8-41)38(51)40(3)21-53-22-40/h4-6,9,14,17-18,23-26,28-29H,7-8,10-13,15-16,19-22H2,1-3H3,(H,43,45,46). The number of amides is 2. The number of pyridine rings is 2. The fraction of sp³-hybridized carbons (Fsp3) is 0.537. The zero-order valence-electron chi connectivity index (χ0n) is 30.7. The molecule has 7 aliphatic rings. The first-order valence-corrected chi connectivity index (χ1v) is 19.4. The second-order valence-corrected chi connectivity index (χ2v) is 17.2. The number of carbonyl (C=O) groups is 2. The number of aromatic nitrogens is 4. The fourth-order valence-corrected chi connectivity index (χ4v) is 10.2. The van der Waals surface area contributed by atoms with E-state index >= 15 is 0 Å². The molecule has 53 heavy (non-hydrogen) atoms. The molecule has 0 unspecified atom stereocenters. The van der Waals surface area contributed by atoms with Gasteiger partial charge in [-0.2, -0.15) is 0 Å². The van der Waals surface area contributed by atoms with Crippen molar-refractivity contribution in [3.05, 3.63) is 60.4 Å². The third-order valence-corrected chi connectivity index (χ3v) is 13.4. The summed E-state index contributed by atoms with van der Waals surface area (Å²) >= 11 is 0. The van der Waals surface area contributed by atoms with E-state index in [-0.39, 0.29) is 29.6 Å². The Labute approximate surface area is 308 Å². The van der Waals surface area contributed by atoms with Crippen molar-refractivity contribution in [2.24, 2.45) is 17.3 Å². The predicted octanol–water partition coefficient (Wildman–Crippen LogP) is 6.07. The number of halogens is 1. The molecule has 2 saturated carbocycles. The third kappa shape index (κ3) is 5.15. The number of ether oxygens (including phenoxy) is 1. The zero-order chi connectivity index (χ0) is 36.2. The van der Waals surface area contributed by atoms with Crippen LogP contribution < -0.4 is 10.2 Å². The molecule has 1 N–H and O–H groups in total. The van der Waals surface area contributed by atoms with Gasteiger partial charge in [-0.05, 0) is 94.9 Å². The Hall–Kier alpha value is -4.42. The highest BCUT2D eigenvalue weighted by atomic mass is 19.1. The van der Waals surface area contributed by atoms with Crippen LogP contribution in [-0.4, -0.2) is 92.6 Å². The lowest BCUT2D eigenvalue weighted by atomic mass is 9.69. The number of carbonyl (C=O) groups excluding carboxylic acids is 2. The smallest absolute Gasteiger partial charge is 0.238 e. The summed E-state index contributed by atoms with van der Waals surface area (Å²) in [5.74, 6) is 2.04. The molecule has 2 aliphatic carbocycles. The summed E-state index contributed by atoms with van der Waals surface area (Å²) in [5.41, 5.74) is 4.26. The van der Waals surface area contributed by atoms with Crippen LogP contribution in [0.5, 0.6) is 0 Å². The molecule has 0 radical (unpaired) electrons. The second-order valence-electron chi connectivity index (χ2n) is 17.2. The van der Waals surface area contributed by atoms with Crippen LogP contribution in [0.4, 0.5) is 21.6 Å². The highest BCUT2D eigenvalue weighted by Gasteiger charge is 2.57. The van der Waals surface area contributed by atoms with Gasteiger partial charge < -0.3 is 24.4 Å². The number of imidazole rings is 1. The van der Waals surface area contributed by atoms with Crippen molar-refractivity contribution in [1.29, 1.82) is 0 Å². The molecule has 1 spiro atoms. The Kier molecular flexibility index (Phi) is 7.54. The third-order valence-electron chi connectivity index (χ3n) is 13.4. The fourth-order valence-electron chi connectivity index (χ4n) is 10.2. The van der Waals surface area contributed by atoms with E-state index < -0.39 is 16.6 Å². The van der Waals surface area contributed by atoms with Crippen molar-refractivity contribution in [2.45, 2.75) is 82.8 Å². The predicted molar refractivity (Wildman–Crippen MR) is 199 cm³/mol. The van der Waals surface area contributed by atoms with Crippen LogP contribution in [0.2, 0.25) is 0 Å². The van der Waals surface area contributed by atoms with Crippen molar-refractivity contribution >= 4 is 40.0 Å². The number of likely N-dealkylation sites (tertiary alicyclic amines) is 1. The van der Waals surface area contributed by atoms with E-state index in [1.165, 1.54) is 32.1 Å². The SMILES string of the molecule is CC(C)n1cnc2cc(-c3ccc4c(c3)N(C3CC(N5CC6CC(C6)C5)C3)C(=O)C43CCN(C(=O)C4(C)COC4)CC3)nc(Nc3ccncc3F)c21. The summed E-state index contributed by atoms with van der Waals surface area (Å²) in [6.45, 7) is 10.5. The Bertz CT molecular complexity index is 2120. The molecule has 4 saturated heterocycles. The lowest BCUT2D eigenvalue weighted by Crippen LogP contribution is -2.61. The number of nitrogens with zero attached hydrogens (tertiary/aromatic N) is 7. The summed E-state index contributed by atoms with van der Waals surface area (Å²) in [6, 6.07) is 10.7. The minimum absolute atomic E-state index is 0.111. The first kappa shape index (κ1) is 33.2. The van der Waals surface area contributed by atoms with Crippen LogP contribution >= 0.6 is 0 Å². The summed E-state index contributed by atoms with van der Waals surface area (Å²) < 4.78 is 22.3. The van der Waals surface area contributed by atoms with Gasteiger partial charge in [0.2, 0.25) is 11.8 Å². The van der Waals surface area contributed by atoms with E-state index in [4.69, 9.17) is 14.7 Å². The molecule has 2 amide bonds. The van der Waals surface area contributed by atoms with E-state index in [1.54, 1.807) is 18.6 Å². The summed E-state index contributed by atoms with van der Waals surface area (Å²) in [7, 11) is 0. The van der Waals surface area contributed by atoms with Gasteiger partial charge in [-0.25, -0.2) is 14.4 Å². The minimum atomic E-state index is -0.668. The van der Waals surface area contributed by atoms with Crippen LogP contribution in [0.15, 0.2) is 49.1 Å². The minimum Gasteiger partial charge on any atom is -0.379 e. The van der Waals surface area contributed by atoms with Crippen molar-refractivity contribution < 1.29 is 18.7 Å². The molecule has 8 heterocycles. The molecule has 3 aromatic heterocycles. The number of fused-ring (bicyclic) bond motifs is 5. The normalized spacial score (nSPS) is 27.1. The first-order chi connectivity index (χ1) is 25.6. The number of hydrogen-bond donors (Lipinski definition) is 1. The van der Waals surface area contributed by atoms with Gasteiger partial charge in [0.05, 0.1) is 53.5 Å². The van der Waals surface area contributed by atoms with Crippen LogP contribution in [0.3, 0.4) is 0 Å². The van der Waals surface area contributed by atoms with Gasteiger partial charge in [-0.1, -0.05) is 12.1 Å². The van der Waals surface area contributed by atoms with Gasteiger partial charge in [0, 0.05) is 61.8 Å². The van der Waals surface area contributed by atoms with Crippen molar-refractivity contribution in [1.82, 2.24) is 29.3 Å². The van der Waals surface area contributed by atoms with Gasteiger partial charge in [0.1, 0.15) is 5.52 Å². The Morgan fingerprint density at radius 1 is 1.02 bits per heavy atom. The largest absolute Gasteiger partial charge is 0.379 e. The highest BCUT2D eigenvalue weighted by Crippen LogP contribution is 2.53. The maximum absolute atomic E-state index is 14.9. The second kappa shape index (κ2) is 12.0. The number of rotatable bonds is 7. The van der Waals surface area contributed by atoms with Crippen LogP contribution in [0.1, 0.15) is 70.9 Å². The van der Waals surface area contributed by atoms with E-state index in [1.807, 2.05) is 22.5 Å². The number of piperidine rings is 3. The highest BCUT2D eigenvalue weighted by molar-refractivity contribution is 6.09. The van der Waals surface area contributed by atoms with Crippen molar-refractivity contribution in [3.8, 4) is 11.3 Å². The summed E-state index contributed by atoms with van der Waals surface area (Å²) in [4.78, 5) is 48.9. The Morgan fingerprint density at radius 3 is 2.45 bits per heavy atom. The average Bonchev–Trinajstić information content (AvgIpc) is 3.65. The van der Waals surface area contributed by atoms with E-state index in [2.05, 4.69) is 52.1 Å².